The number of nitrogens with one attached hydrogen (secondary N) is 2. The van der Waals surface area contributed by atoms with Crippen LogP contribution in [0.25, 0.3) is 0 Å². The van der Waals surface area contributed by atoms with Crippen LogP contribution in [-0.2, 0) is 21.6 Å². The summed E-state index contributed by atoms with van der Waals surface area (Å²) in [5, 5.41) is 15.7. The fourth-order valence-electron chi connectivity index (χ4n) is 5.02. The second-order valence-corrected chi connectivity index (χ2v) is 9.79. The Morgan fingerprint density at radius 3 is 2.59 bits per heavy atom. The van der Waals surface area contributed by atoms with Crippen molar-refractivity contribution in [2.75, 3.05) is 30.3 Å². The Kier molecular flexibility index (Phi) is 6.76. The van der Waals surface area contributed by atoms with Gasteiger partial charge in [0, 0.05) is 35.8 Å². The van der Waals surface area contributed by atoms with Gasteiger partial charge >= 0.3 is 12.1 Å². The second-order valence-electron chi connectivity index (χ2n) is 9.36. The highest BCUT2D eigenvalue weighted by molar-refractivity contribution is 6.30. The van der Waals surface area contributed by atoms with E-state index in [0.29, 0.717) is 36.6 Å². The summed E-state index contributed by atoms with van der Waals surface area (Å²) in [5.74, 6) is -1.44. The van der Waals surface area contributed by atoms with Gasteiger partial charge in [0.2, 0.25) is 5.91 Å². The zero-order valence-electron chi connectivity index (χ0n) is 19.9. The van der Waals surface area contributed by atoms with Gasteiger partial charge in [-0.05, 0) is 54.4 Å². The van der Waals surface area contributed by atoms with Gasteiger partial charge in [-0.15, -0.1) is 0 Å². The van der Waals surface area contributed by atoms with Crippen LogP contribution in [0.1, 0.15) is 27.9 Å². The standard InChI is InChI=1S/C28H26ClN3O5/c29-21-8-11-24-23(15-21)28(37-27(36)31-24)12-13-32(17-28)25(33)20(14-18-4-2-1-3-5-18)16-30-22-9-6-19(7-10-22)26(34)35/h1-11,15,20,30H,12-14,16-17H2,(H,31,36)(H,34,35)/t20-,28?/m1/s1. The van der Waals surface area contributed by atoms with E-state index in [4.69, 9.17) is 21.4 Å². The first kappa shape index (κ1) is 24.6. The number of benzene rings is 3. The molecule has 1 unspecified atom stereocenters. The van der Waals surface area contributed by atoms with Gasteiger partial charge in [0.15, 0.2) is 5.60 Å². The van der Waals surface area contributed by atoms with Crippen LogP contribution in [0.2, 0.25) is 5.02 Å². The van der Waals surface area contributed by atoms with Crippen LogP contribution < -0.4 is 10.6 Å². The molecule has 2 atom stereocenters. The van der Waals surface area contributed by atoms with Gasteiger partial charge in [-0.25, -0.2) is 9.59 Å². The number of carboxylic acids is 1. The van der Waals surface area contributed by atoms with Crippen molar-refractivity contribution in [1.29, 1.82) is 0 Å². The Bertz CT molecular complexity index is 1330. The van der Waals surface area contributed by atoms with Crippen molar-refractivity contribution < 1.29 is 24.2 Å². The molecule has 2 aliphatic heterocycles. The van der Waals surface area contributed by atoms with E-state index in [-0.39, 0.29) is 18.0 Å². The summed E-state index contributed by atoms with van der Waals surface area (Å²) in [5.41, 5.74) is 2.42. The number of aromatic carboxylic acids is 1. The normalized spacial score (nSPS) is 19.1. The summed E-state index contributed by atoms with van der Waals surface area (Å²) in [4.78, 5) is 39.1. The number of amides is 2. The zero-order chi connectivity index (χ0) is 26.0. The third-order valence-electron chi connectivity index (χ3n) is 6.90. The minimum absolute atomic E-state index is 0.0476. The Morgan fingerprint density at radius 1 is 1.11 bits per heavy atom. The van der Waals surface area contributed by atoms with Crippen molar-refractivity contribution >= 4 is 40.9 Å². The van der Waals surface area contributed by atoms with Crippen LogP contribution in [0.4, 0.5) is 16.2 Å². The molecular formula is C28H26ClN3O5. The summed E-state index contributed by atoms with van der Waals surface area (Å²) in [6.07, 6.45) is 0.450. The summed E-state index contributed by atoms with van der Waals surface area (Å²) in [6.45, 7) is 1.04. The molecule has 1 fully saturated rings. The lowest BCUT2D eigenvalue weighted by atomic mass is 9.90. The lowest BCUT2D eigenvalue weighted by Crippen LogP contribution is -2.44. The summed E-state index contributed by atoms with van der Waals surface area (Å²) >= 11 is 6.25. The highest BCUT2D eigenvalue weighted by atomic mass is 35.5. The van der Waals surface area contributed by atoms with Crippen LogP contribution in [-0.4, -0.2) is 47.6 Å². The molecule has 3 aromatic carbocycles. The third kappa shape index (κ3) is 5.24. The third-order valence-corrected chi connectivity index (χ3v) is 7.13. The molecule has 0 aromatic heterocycles. The molecule has 3 N–H and O–H groups in total. The first-order valence-electron chi connectivity index (χ1n) is 12.0. The maximum Gasteiger partial charge on any atom is 0.412 e. The Labute approximate surface area is 219 Å². The Balaban J connectivity index is 1.36. The summed E-state index contributed by atoms with van der Waals surface area (Å²) in [7, 11) is 0. The van der Waals surface area contributed by atoms with Gasteiger partial charge in [0.05, 0.1) is 23.7 Å². The highest BCUT2D eigenvalue weighted by Crippen LogP contribution is 2.44. The minimum atomic E-state index is -0.992. The molecule has 0 aliphatic carbocycles. The number of fused-ring (bicyclic) bond motifs is 2. The fourth-order valence-corrected chi connectivity index (χ4v) is 5.19. The van der Waals surface area contributed by atoms with E-state index in [1.54, 1.807) is 35.2 Å². The van der Waals surface area contributed by atoms with Gasteiger partial charge in [-0.2, -0.15) is 0 Å². The van der Waals surface area contributed by atoms with Crippen LogP contribution >= 0.6 is 11.6 Å². The van der Waals surface area contributed by atoms with Crippen molar-refractivity contribution in [1.82, 2.24) is 4.90 Å². The molecule has 0 saturated carbocycles. The van der Waals surface area contributed by atoms with Crippen molar-refractivity contribution in [3.63, 3.8) is 0 Å². The van der Waals surface area contributed by atoms with E-state index in [1.807, 2.05) is 30.3 Å². The molecular weight excluding hydrogens is 494 g/mol. The largest absolute Gasteiger partial charge is 0.478 e. The summed E-state index contributed by atoms with van der Waals surface area (Å²) in [6, 6.07) is 21.5. The fraction of sp³-hybridized carbons (Fsp3) is 0.250. The molecule has 5 rings (SSSR count). The number of hydrogen-bond donors (Lipinski definition) is 3. The number of rotatable bonds is 7. The molecule has 37 heavy (non-hydrogen) atoms. The van der Waals surface area contributed by atoms with Crippen molar-refractivity contribution in [2.24, 2.45) is 5.92 Å². The maximum atomic E-state index is 13.8. The number of halogens is 1. The monoisotopic (exact) mass is 519 g/mol. The lowest BCUT2D eigenvalue weighted by Gasteiger charge is -2.35. The van der Waals surface area contributed by atoms with Gasteiger partial charge in [0.25, 0.3) is 0 Å². The minimum Gasteiger partial charge on any atom is -0.478 e. The van der Waals surface area contributed by atoms with E-state index in [1.165, 1.54) is 12.1 Å². The number of hydrogen-bond acceptors (Lipinski definition) is 5. The molecule has 2 amide bonds. The topological polar surface area (TPSA) is 108 Å². The lowest BCUT2D eigenvalue weighted by molar-refractivity contribution is -0.135. The maximum absolute atomic E-state index is 13.8. The Hall–Kier alpha value is -4.04. The average molecular weight is 520 g/mol. The van der Waals surface area contributed by atoms with Crippen LogP contribution in [0, 0.1) is 5.92 Å². The molecule has 1 spiro atoms. The van der Waals surface area contributed by atoms with E-state index in [0.717, 1.165) is 16.8 Å². The summed E-state index contributed by atoms with van der Waals surface area (Å²) < 4.78 is 5.79. The number of carbonyl (C=O) groups is 3. The van der Waals surface area contributed by atoms with Crippen LogP contribution in [0.3, 0.4) is 0 Å². The van der Waals surface area contributed by atoms with Crippen molar-refractivity contribution in [3.05, 3.63) is 94.5 Å². The predicted molar refractivity (Wildman–Crippen MR) is 140 cm³/mol. The van der Waals surface area contributed by atoms with Gasteiger partial charge in [-0.3, -0.25) is 10.1 Å². The molecule has 190 valence electrons. The molecule has 0 radical (unpaired) electrons. The van der Waals surface area contributed by atoms with Gasteiger partial charge < -0.3 is 20.1 Å². The SMILES string of the molecule is O=C1Nc2ccc(Cl)cc2C2(CCN(C(=O)[C@@H](CNc3ccc(C(=O)O)cc3)Cc3ccccc3)C2)O1. The zero-order valence-corrected chi connectivity index (χ0v) is 20.7. The van der Waals surface area contributed by atoms with Crippen molar-refractivity contribution in [3.8, 4) is 0 Å². The number of carbonyl (C=O) groups excluding carboxylic acids is 2. The molecule has 3 aromatic rings. The van der Waals surface area contributed by atoms with Crippen LogP contribution in [0.15, 0.2) is 72.8 Å². The molecule has 2 heterocycles. The molecule has 0 bridgehead atoms. The van der Waals surface area contributed by atoms with E-state index >= 15 is 0 Å². The first-order valence-corrected chi connectivity index (χ1v) is 12.4. The molecule has 2 aliphatic rings. The van der Waals surface area contributed by atoms with Gasteiger partial charge in [0.1, 0.15) is 0 Å². The number of carboxylic acid groups (broad SMARTS) is 1. The smallest absolute Gasteiger partial charge is 0.412 e. The average Bonchev–Trinajstić information content (AvgIpc) is 3.31. The first-order chi connectivity index (χ1) is 17.8. The number of ether oxygens (including phenoxy) is 1. The van der Waals surface area contributed by atoms with Crippen LogP contribution in [0.5, 0.6) is 0 Å². The van der Waals surface area contributed by atoms with Gasteiger partial charge in [-0.1, -0.05) is 41.9 Å². The van der Waals surface area contributed by atoms with E-state index in [9.17, 15) is 14.4 Å². The molecule has 8 nitrogen and oxygen atoms in total. The molecule has 9 heteroatoms. The van der Waals surface area contributed by atoms with Crippen molar-refractivity contribution in [2.45, 2.75) is 18.4 Å². The number of nitrogens with zero attached hydrogens (tertiary/aromatic N) is 1. The molecule has 1 saturated heterocycles. The second kappa shape index (κ2) is 10.1. The predicted octanol–water partition coefficient (Wildman–Crippen LogP) is 5.00. The Morgan fingerprint density at radius 2 is 1.86 bits per heavy atom. The quantitative estimate of drug-likeness (QED) is 0.405. The van der Waals surface area contributed by atoms with E-state index < -0.39 is 23.6 Å². The van der Waals surface area contributed by atoms with E-state index in [2.05, 4.69) is 10.6 Å². The number of likely N-dealkylation sites (tertiary alicyclic amines) is 1. The highest BCUT2D eigenvalue weighted by Gasteiger charge is 2.49. The number of anilines is 2.